The van der Waals surface area contributed by atoms with Gasteiger partial charge in [0.2, 0.25) is 5.95 Å². The maximum Gasteiger partial charge on any atom is 0.266 e. The molecule has 2 aromatic heterocycles. The van der Waals surface area contributed by atoms with Gasteiger partial charge in [-0.15, -0.1) is 6.42 Å². The quantitative estimate of drug-likeness (QED) is 0.225. The topological polar surface area (TPSA) is 156 Å². The summed E-state index contributed by atoms with van der Waals surface area (Å²) in [5, 5.41) is 28.1. The van der Waals surface area contributed by atoms with Crippen LogP contribution in [0.15, 0.2) is 17.1 Å². The Labute approximate surface area is 159 Å². The molecular weight excluding hydrogens is 380 g/mol. The summed E-state index contributed by atoms with van der Waals surface area (Å²) in [5.41, 5.74) is 5.30. The Morgan fingerprint density at radius 2 is 2.15 bits per heavy atom. The van der Waals surface area contributed by atoms with Crippen molar-refractivity contribution in [1.82, 2.24) is 14.5 Å². The van der Waals surface area contributed by atoms with Gasteiger partial charge in [-0.1, -0.05) is 17.5 Å². The molecular formula is C16H21ClN4O6. The Morgan fingerprint density at radius 1 is 1.48 bits per heavy atom. The van der Waals surface area contributed by atoms with Crippen LogP contribution >= 0.6 is 11.6 Å². The number of aliphatic hydroxyl groups is 3. The van der Waals surface area contributed by atoms with E-state index in [2.05, 4.69) is 15.9 Å². The number of fused-ring (bicyclic) bond motifs is 1. The van der Waals surface area contributed by atoms with Crippen LogP contribution in [0.25, 0.3) is 11.0 Å². The Bertz CT molecular complexity index is 889. The minimum atomic E-state index is -1.99. The number of hydrogen-bond donors (Lipinski definition) is 5. The van der Waals surface area contributed by atoms with Crippen LogP contribution in [-0.2, 0) is 9.47 Å². The van der Waals surface area contributed by atoms with E-state index in [-0.39, 0.29) is 23.6 Å². The number of nitrogens with two attached hydrogens (primary N) is 1. The van der Waals surface area contributed by atoms with Gasteiger partial charge in [-0.2, -0.15) is 4.98 Å². The Morgan fingerprint density at radius 3 is 2.70 bits per heavy atom. The third-order valence-corrected chi connectivity index (χ3v) is 4.50. The maximum absolute atomic E-state index is 12.0. The van der Waals surface area contributed by atoms with Crippen molar-refractivity contribution in [3.8, 4) is 12.3 Å². The summed E-state index contributed by atoms with van der Waals surface area (Å²) in [7, 11) is 0. The lowest BCUT2D eigenvalue weighted by molar-refractivity contribution is -0.262. The zero-order chi connectivity index (χ0) is 20.4. The molecule has 2 aromatic rings. The van der Waals surface area contributed by atoms with E-state index < -0.39 is 35.3 Å². The van der Waals surface area contributed by atoms with E-state index >= 15 is 0 Å². The average Bonchev–Trinajstić information content (AvgIpc) is 2.97. The van der Waals surface area contributed by atoms with Crippen LogP contribution in [0.4, 0.5) is 5.95 Å². The number of rotatable bonds is 8. The normalized spacial score (nSPS) is 17.4. The predicted octanol–water partition coefficient (Wildman–Crippen LogP) is -0.513. The Kier molecular flexibility index (Phi) is 6.48. The van der Waals surface area contributed by atoms with Crippen LogP contribution in [0.3, 0.4) is 0 Å². The van der Waals surface area contributed by atoms with Crippen LogP contribution in [0, 0.1) is 12.3 Å². The summed E-state index contributed by atoms with van der Waals surface area (Å²) in [4.78, 5) is 16.8. The smallest absolute Gasteiger partial charge is 0.266 e. The van der Waals surface area contributed by atoms with E-state index in [1.165, 1.54) is 30.7 Å². The number of aromatic amines is 1. The summed E-state index contributed by atoms with van der Waals surface area (Å²) in [6.45, 7) is 0.767. The number of alkyl halides is 1. The third-order valence-electron chi connectivity index (χ3n) is 3.88. The predicted molar refractivity (Wildman–Crippen MR) is 97.6 cm³/mol. The molecule has 0 amide bonds. The van der Waals surface area contributed by atoms with Gasteiger partial charge in [0.05, 0.1) is 24.2 Å². The number of ether oxygens (including phenoxy) is 2. The van der Waals surface area contributed by atoms with Crippen LogP contribution in [-0.4, -0.2) is 60.0 Å². The van der Waals surface area contributed by atoms with Crippen molar-refractivity contribution in [3.05, 3.63) is 22.6 Å². The van der Waals surface area contributed by atoms with Crippen LogP contribution in [0.2, 0.25) is 0 Å². The SMILES string of the molecule is C#CC(Cl)(C(C)O)[C@@H](OC[C@H](C)OC(O)O)n1ccc2c(=O)[nH]c(N)nc21. The molecule has 4 atom stereocenters. The zero-order valence-corrected chi connectivity index (χ0v) is 15.4. The highest BCUT2D eigenvalue weighted by Gasteiger charge is 2.43. The lowest BCUT2D eigenvalue weighted by Crippen LogP contribution is -2.44. The minimum absolute atomic E-state index is 0.121. The van der Waals surface area contributed by atoms with Crippen molar-refractivity contribution < 1.29 is 24.8 Å². The fourth-order valence-corrected chi connectivity index (χ4v) is 2.69. The molecule has 0 bridgehead atoms. The number of halogens is 1. The molecule has 2 heterocycles. The van der Waals surface area contributed by atoms with Gasteiger partial charge >= 0.3 is 0 Å². The molecule has 2 unspecified atom stereocenters. The number of hydrogen-bond acceptors (Lipinski definition) is 8. The third kappa shape index (κ3) is 4.41. The summed E-state index contributed by atoms with van der Waals surface area (Å²) in [6, 6.07) is 1.48. The maximum atomic E-state index is 12.0. The molecule has 6 N–H and O–H groups in total. The first kappa shape index (κ1) is 21.2. The Balaban J connectivity index is 2.50. The number of anilines is 1. The molecule has 148 valence electrons. The van der Waals surface area contributed by atoms with E-state index in [1.54, 1.807) is 0 Å². The van der Waals surface area contributed by atoms with Gasteiger partial charge in [0.15, 0.2) is 16.7 Å². The average molecular weight is 401 g/mol. The molecule has 0 saturated carbocycles. The molecule has 0 aliphatic rings. The van der Waals surface area contributed by atoms with E-state index in [4.69, 9.17) is 43.4 Å². The second kappa shape index (κ2) is 8.26. The minimum Gasteiger partial charge on any atom is -0.390 e. The molecule has 11 heteroatoms. The molecule has 0 aliphatic carbocycles. The summed E-state index contributed by atoms with van der Waals surface area (Å²) in [5.74, 6) is 2.19. The molecule has 0 aliphatic heterocycles. The number of nitrogens with zero attached hydrogens (tertiary/aromatic N) is 2. The van der Waals surface area contributed by atoms with E-state index in [9.17, 15) is 9.90 Å². The van der Waals surface area contributed by atoms with Gasteiger partial charge < -0.3 is 35.1 Å². The highest BCUT2D eigenvalue weighted by atomic mass is 35.5. The summed E-state index contributed by atoms with van der Waals surface area (Å²) >= 11 is 6.47. The van der Waals surface area contributed by atoms with Crippen molar-refractivity contribution in [2.24, 2.45) is 0 Å². The molecule has 0 fully saturated rings. The van der Waals surface area contributed by atoms with E-state index in [1.807, 2.05) is 0 Å². The number of H-pyrrole nitrogens is 1. The highest BCUT2D eigenvalue weighted by Crippen LogP contribution is 2.36. The van der Waals surface area contributed by atoms with Crippen molar-refractivity contribution in [1.29, 1.82) is 0 Å². The number of terminal acetylenes is 1. The van der Waals surface area contributed by atoms with Crippen molar-refractivity contribution in [2.75, 3.05) is 12.3 Å². The molecule has 0 spiro atoms. The van der Waals surface area contributed by atoms with Crippen molar-refractivity contribution in [3.63, 3.8) is 0 Å². The van der Waals surface area contributed by atoms with Gasteiger partial charge in [-0.25, -0.2) is 0 Å². The lowest BCUT2D eigenvalue weighted by atomic mass is 10.0. The number of aromatic nitrogens is 3. The first-order valence-electron chi connectivity index (χ1n) is 7.94. The first-order chi connectivity index (χ1) is 12.6. The zero-order valence-electron chi connectivity index (χ0n) is 14.7. The second-order valence-corrected chi connectivity index (χ2v) is 6.58. The monoisotopic (exact) mass is 400 g/mol. The largest absolute Gasteiger partial charge is 0.390 e. The second-order valence-electron chi connectivity index (χ2n) is 5.96. The van der Waals surface area contributed by atoms with Crippen LogP contribution < -0.4 is 11.3 Å². The van der Waals surface area contributed by atoms with Crippen LogP contribution in [0.5, 0.6) is 0 Å². The fraction of sp³-hybridized carbons (Fsp3) is 0.500. The van der Waals surface area contributed by atoms with Gasteiger partial charge in [0.1, 0.15) is 0 Å². The molecule has 0 radical (unpaired) electrons. The Hall–Kier alpha value is -2.13. The van der Waals surface area contributed by atoms with Gasteiger partial charge in [-0.05, 0) is 19.9 Å². The summed E-state index contributed by atoms with van der Waals surface area (Å²) < 4.78 is 11.9. The first-order valence-corrected chi connectivity index (χ1v) is 8.32. The van der Waals surface area contributed by atoms with Crippen LogP contribution in [0.1, 0.15) is 20.1 Å². The lowest BCUT2D eigenvalue weighted by Gasteiger charge is -2.35. The number of nitrogens with one attached hydrogen (secondary N) is 1. The van der Waals surface area contributed by atoms with Gasteiger partial charge in [-0.3, -0.25) is 9.78 Å². The fourth-order valence-electron chi connectivity index (χ4n) is 2.53. The molecule has 10 nitrogen and oxygen atoms in total. The molecule has 0 aromatic carbocycles. The highest BCUT2D eigenvalue weighted by molar-refractivity contribution is 6.26. The van der Waals surface area contributed by atoms with Crippen molar-refractivity contribution >= 4 is 28.6 Å². The van der Waals surface area contributed by atoms with E-state index in [0.29, 0.717) is 0 Å². The molecule has 27 heavy (non-hydrogen) atoms. The van der Waals surface area contributed by atoms with Gasteiger partial charge in [0, 0.05) is 6.20 Å². The van der Waals surface area contributed by atoms with Crippen molar-refractivity contribution in [2.45, 2.75) is 43.6 Å². The number of nitrogen functional groups attached to an aromatic ring is 1. The summed E-state index contributed by atoms with van der Waals surface area (Å²) in [6.07, 6.45) is 3.87. The molecule has 2 rings (SSSR count). The molecule has 0 saturated heterocycles. The number of aliphatic hydroxyl groups excluding tert-OH is 2. The standard InChI is InChI=1S/C16H21ClN4O6/c1-4-16(17,9(3)22)13(26-7-8(2)27-15(24)25)21-6-5-10-11(21)19-14(18)20-12(10)23/h1,5-6,8-9,13,15,22,24-25H,7H2,2-3H3,(H3,18,19,20,23)/t8-,9?,13+,16?/m0/s1. The van der Waals surface area contributed by atoms with Gasteiger partial charge in [0.25, 0.3) is 12.0 Å². The van der Waals surface area contributed by atoms with E-state index in [0.717, 1.165) is 0 Å².